The minimum absolute atomic E-state index is 0.558. The summed E-state index contributed by atoms with van der Waals surface area (Å²) in [5.74, 6) is 1.39. The minimum atomic E-state index is 0.558. The Morgan fingerprint density at radius 2 is 2.06 bits per heavy atom. The van der Waals surface area contributed by atoms with Crippen LogP contribution in [0.2, 0.25) is 0 Å². The third kappa shape index (κ3) is 4.18. The largest absolute Gasteiger partial charge is 0.490 e. The lowest BCUT2D eigenvalue weighted by molar-refractivity contribution is 0.112. The number of benzene rings is 1. The first-order valence-corrected chi connectivity index (χ1v) is 6.85. The van der Waals surface area contributed by atoms with Gasteiger partial charge in [-0.05, 0) is 48.1 Å². The Balaban J connectivity index is 2.94. The minimum Gasteiger partial charge on any atom is -0.490 e. The molecule has 1 rings (SSSR count). The van der Waals surface area contributed by atoms with Crippen LogP contribution in [0.5, 0.6) is 11.5 Å². The van der Waals surface area contributed by atoms with Crippen molar-refractivity contribution in [3.63, 3.8) is 0 Å². The first-order valence-electron chi connectivity index (χ1n) is 5.77. The van der Waals surface area contributed by atoms with Crippen molar-refractivity contribution in [3.05, 3.63) is 21.3 Å². The van der Waals surface area contributed by atoms with Crippen LogP contribution in [0, 0.1) is 3.57 Å². The van der Waals surface area contributed by atoms with Gasteiger partial charge in [-0.15, -0.1) is 0 Å². The molecule has 0 amide bonds. The summed E-state index contributed by atoms with van der Waals surface area (Å²) < 4.78 is 12.1. The van der Waals surface area contributed by atoms with Crippen LogP contribution in [0.3, 0.4) is 0 Å². The number of ether oxygens (including phenoxy) is 2. The number of aldehydes is 1. The maximum absolute atomic E-state index is 10.8. The van der Waals surface area contributed by atoms with Gasteiger partial charge >= 0.3 is 0 Å². The molecule has 1 aromatic rings. The Labute approximate surface area is 116 Å². The van der Waals surface area contributed by atoms with E-state index in [4.69, 9.17) is 9.47 Å². The average molecular weight is 348 g/mol. The second kappa shape index (κ2) is 7.53. The number of hydrogen-bond acceptors (Lipinski definition) is 3. The zero-order valence-corrected chi connectivity index (χ0v) is 12.3. The van der Waals surface area contributed by atoms with E-state index in [1.807, 2.05) is 6.92 Å². The molecule has 0 spiro atoms. The molecular formula is C13H17IO3. The van der Waals surface area contributed by atoms with E-state index in [1.54, 1.807) is 12.1 Å². The van der Waals surface area contributed by atoms with E-state index in [2.05, 4.69) is 29.5 Å². The van der Waals surface area contributed by atoms with Crippen LogP contribution in [0.4, 0.5) is 0 Å². The van der Waals surface area contributed by atoms with Gasteiger partial charge in [0.1, 0.15) is 6.29 Å². The SMILES string of the molecule is CCCCOc1c(I)cc(C=O)cc1OCC. The maximum Gasteiger partial charge on any atom is 0.174 e. The fraction of sp³-hybridized carbons (Fsp3) is 0.462. The van der Waals surface area contributed by atoms with E-state index < -0.39 is 0 Å². The second-order valence-corrected chi connectivity index (χ2v) is 4.75. The van der Waals surface area contributed by atoms with Crippen molar-refractivity contribution in [2.75, 3.05) is 13.2 Å². The quantitative estimate of drug-likeness (QED) is 0.428. The van der Waals surface area contributed by atoms with Crippen molar-refractivity contribution in [3.8, 4) is 11.5 Å². The summed E-state index contributed by atoms with van der Waals surface area (Å²) in [4.78, 5) is 10.8. The van der Waals surface area contributed by atoms with Crippen LogP contribution < -0.4 is 9.47 Å². The van der Waals surface area contributed by atoms with Gasteiger partial charge < -0.3 is 9.47 Å². The highest BCUT2D eigenvalue weighted by molar-refractivity contribution is 14.1. The molecule has 0 atom stereocenters. The van der Waals surface area contributed by atoms with Crippen molar-refractivity contribution in [2.45, 2.75) is 26.7 Å². The topological polar surface area (TPSA) is 35.5 Å². The van der Waals surface area contributed by atoms with Gasteiger partial charge in [-0.1, -0.05) is 13.3 Å². The molecule has 0 saturated heterocycles. The van der Waals surface area contributed by atoms with Gasteiger partial charge in [-0.2, -0.15) is 0 Å². The molecule has 0 aliphatic rings. The number of unbranched alkanes of at least 4 members (excludes halogenated alkanes) is 1. The molecule has 0 fully saturated rings. The average Bonchev–Trinajstić information content (AvgIpc) is 2.32. The molecule has 94 valence electrons. The van der Waals surface area contributed by atoms with Crippen molar-refractivity contribution in [1.29, 1.82) is 0 Å². The Bertz CT molecular complexity index is 377. The van der Waals surface area contributed by atoms with Gasteiger partial charge in [0, 0.05) is 5.56 Å². The maximum atomic E-state index is 10.8. The van der Waals surface area contributed by atoms with E-state index in [-0.39, 0.29) is 0 Å². The summed E-state index contributed by atoms with van der Waals surface area (Å²) in [6.45, 7) is 5.26. The van der Waals surface area contributed by atoms with Crippen LogP contribution in [-0.4, -0.2) is 19.5 Å². The molecule has 17 heavy (non-hydrogen) atoms. The summed E-state index contributed by atoms with van der Waals surface area (Å²) in [6, 6.07) is 3.53. The van der Waals surface area contributed by atoms with Gasteiger partial charge in [0.15, 0.2) is 11.5 Å². The lowest BCUT2D eigenvalue weighted by Crippen LogP contribution is -2.03. The molecule has 0 aliphatic heterocycles. The number of carbonyl (C=O) groups excluding carboxylic acids is 1. The highest BCUT2D eigenvalue weighted by Crippen LogP contribution is 2.34. The first kappa shape index (κ1) is 14.3. The normalized spacial score (nSPS) is 10.1. The molecule has 0 saturated carbocycles. The van der Waals surface area contributed by atoms with Gasteiger partial charge in [-0.3, -0.25) is 4.79 Å². The van der Waals surface area contributed by atoms with Crippen LogP contribution in [0.25, 0.3) is 0 Å². The number of halogens is 1. The van der Waals surface area contributed by atoms with E-state index in [1.165, 1.54) is 0 Å². The molecule has 0 unspecified atom stereocenters. The van der Waals surface area contributed by atoms with Crippen molar-refractivity contribution >= 4 is 28.9 Å². The van der Waals surface area contributed by atoms with Gasteiger partial charge in [0.2, 0.25) is 0 Å². The fourth-order valence-corrected chi connectivity index (χ4v) is 2.16. The van der Waals surface area contributed by atoms with Gasteiger partial charge in [0.05, 0.1) is 16.8 Å². The second-order valence-electron chi connectivity index (χ2n) is 3.58. The van der Waals surface area contributed by atoms with E-state index >= 15 is 0 Å². The van der Waals surface area contributed by atoms with Crippen molar-refractivity contribution in [1.82, 2.24) is 0 Å². The van der Waals surface area contributed by atoms with Gasteiger partial charge in [-0.25, -0.2) is 0 Å². The molecule has 1 aromatic carbocycles. The van der Waals surface area contributed by atoms with Crippen molar-refractivity contribution < 1.29 is 14.3 Å². The third-order valence-corrected chi connectivity index (χ3v) is 3.01. The number of carbonyl (C=O) groups is 1. The number of hydrogen-bond donors (Lipinski definition) is 0. The Morgan fingerprint density at radius 3 is 2.65 bits per heavy atom. The Kier molecular flexibility index (Phi) is 6.32. The molecule has 0 bridgehead atoms. The van der Waals surface area contributed by atoms with Crippen LogP contribution in [0.15, 0.2) is 12.1 Å². The van der Waals surface area contributed by atoms with Crippen molar-refractivity contribution in [2.24, 2.45) is 0 Å². The fourth-order valence-electron chi connectivity index (χ4n) is 1.38. The standard InChI is InChI=1S/C13H17IO3/c1-3-5-6-17-13-11(14)7-10(9-15)8-12(13)16-4-2/h7-9H,3-6H2,1-2H3. The predicted molar refractivity (Wildman–Crippen MR) is 76.1 cm³/mol. The van der Waals surface area contributed by atoms with Crippen LogP contribution in [-0.2, 0) is 0 Å². The predicted octanol–water partition coefficient (Wildman–Crippen LogP) is 3.68. The lowest BCUT2D eigenvalue weighted by atomic mass is 10.2. The van der Waals surface area contributed by atoms with E-state index in [9.17, 15) is 4.79 Å². The first-order chi connectivity index (χ1) is 8.22. The summed E-state index contributed by atoms with van der Waals surface area (Å²) in [5, 5.41) is 0. The molecule has 0 aromatic heterocycles. The molecule has 0 aliphatic carbocycles. The summed E-state index contributed by atoms with van der Waals surface area (Å²) in [7, 11) is 0. The molecule has 0 heterocycles. The smallest absolute Gasteiger partial charge is 0.174 e. The molecular weight excluding hydrogens is 331 g/mol. The molecule has 0 radical (unpaired) electrons. The number of rotatable bonds is 7. The van der Waals surface area contributed by atoms with Gasteiger partial charge in [0.25, 0.3) is 0 Å². The summed E-state index contributed by atoms with van der Waals surface area (Å²) in [6.07, 6.45) is 2.92. The lowest BCUT2D eigenvalue weighted by Gasteiger charge is -2.14. The Hall–Kier alpha value is -0.780. The zero-order valence-electron chi connectivity index (χ0n) is 10.2. The Morgan fingerprint density at radius 1 is 1.29 bits per heavy atom. The highest BCUT2D eigenvalue weighted by Gasteiger charge is 2.11. The monoisotopic (exact) mass is 348 g/mol. The summed E-state index contributed by atoms with van der Waals surface area (Å²) in [5.41, 5.74) is 0.612. The van der Waals surface area contributed by atoms with Crippen LogP contribution >= 0.6 is 22.6 Å². The highest BCUT2D eigenvalue weighted by atomic mass is 127. The summed E-state index contributed by atoms with van der Waals surface area (Å²) >= 11 is 2.16. The van der Waals surface area contributed by atoms with E-state index in [0.717, 1.165) is 28.4 Å². The molecule has 3 nitrogen and oxygen atoms in total. The zero-order chi connectivity index (χ0) is 12.7. The molecule has 0 N–H and O–H groups in total. The van der Waals surface area contributed by atoms with E-state index in [0.29, 0.717) is 24.5 Å². The van der Waals surface area contributed by atoms with Crippen LogP contribution in [0.1, 0.15) is 37.0 Å². The third-order valence-electron chi connectivity index (χ3n) is 2.21. The molecule has 4 heteroatoms.